The largest absolute Gasteiger partial charge is 0.385 e. The topological polar surface area (TPSA) is 32.3 Å². The molecule has 1 atom stereocenters. The number of carbonyl (C=O) groups excluding carboxylic acids is 1. The van der Waals surface area contributed by atoms with Gasteiger partial charge in [-0.3, -0.25) is 4.79 Å². The summed E-state index contributed by atoms with van der Waals surface area (Å²) < 4.78 is 13.7. The second-order valence-electron chi connectivity index (χ2n) is 4.52. The maximum absolute atomic E-state index is 13.7. The number of para-hydroxylation sites is 1. The number of anilines is 1. The molecule has 0 spiro atoms. The molecule has 1 heterocycles. The monoisotopic (exact) mass is 292 g/mol. The third-order valence-corrected chi connectivity index (χ3v) is 4.39. The Balaban J connectivity index is 2.29. The van der Waals surface area contributed by atoms with Crippen molar-refractivity contribution in [1.82, 2.24) is 4.90 Å². The van der Waals surface area contributed by atoms with Crippen molar-refractivity contribution in [3.05, 3.63) is 52.0 Å². The van der Waals surface area contributed by atoms with Crippen LogP contribution in [-0.4, -0.2) is 24.9 Å². The summed E-state index contributed by atoms with van der Waals surface area (Å²) in [5.74, 6) is -0.620. The molecule has 0 bridgehead atoms. The summed E-state index contributed by atoms with van der Waals surface area (Å²) in [6, 6.07) is 8.42. The number of thiophene rings is 1. The van der Waals surface area contributed by atoms with E-state index in [1.807, 2.05) is 24.4 Å². The molecule has 0 aliphatic carbocycles. The Hall–Kier alpha value is -1.88. The van der Waals surface area contributed by atoms with Crippen LogP contribution >= 0.6 is 11.3 Å². The van der Waals surface area contributed by atoms with E-state index in [-0.39, 0.29) is 17.6 Å². The number of rotatable bonds is 4. The van der Waals surface area contributed by atoms with Crippen LogP contribution in [0.5, 0.6) is 0 Å². The number of halogens is 1. The minimum Gasteiger partial charge on any atom is -0.385 e. The molecule has 106 valence electrons. The Morgan fingerprint density at radius 2 is 2.10 bits per heavy atom. The molecule has 0 radical (unpaired) electrons. The molecule has 1 unspecified atom stereocenters. The number of amides is 1. The second kappa shape index (κ2) is 6.05. The summed E-state index contributed by atoms with van der Waals surface area (Å²) in [6.45, 7) is 1.96. The molecule has 0 aliphatic rings. The van der Waals surface area contributed by atoms with Gasteiger partial charge in [0.05, 0.1) is 17.3 Å². The lowest BCUT2D eigenvalue weighted by Crippen LogP contribution is -2.30. The predicted molar refractivity (Wildman–Crippen MR) is 80.8 cm³/mol. The smallest absolute Gasteiger partial charge is 0.256 e. The summed E-state index contributed by atoms with van der Waals surface area (Å²) >= 11 is 1.60. The molecule has 1 amide bonds. The van der Waals surface area contributed by atoms with Crippen LogP contribution in [0.3, 0.4) is 0 Å². The molecule has 1 aromatic carbocycles. The molecule has 2 rings (SSSR count). The number of hydrogen-bond acceptors (Lipinski definition) is 3. The van der Waals surface area contributed by atoms with Crippen LogP contribution in [-0.2, 0) is 0 Å². The Labute approximate surface area is 122 Å². The first-order chi connectivity index (χ1) is 9.56. The van der Waals surface area contributed by atoms with Crippen molar-refractivity contribution in [3.8, 4) is 0 Å². The van der Waals surface area contributed by atoms with Gasteiger partial charge in [0, 0.05) is 19.0 Å². The predicted octanol–water partition coefficient (Wildman–Crippen LogP) is 3.76. The van der Waals surface area contributed by atoms with Gasteiger partial charge in [-0.2, -0.15) is 0 Å². The fraction of sp³-hybridized carbons (Fsp3) is 0.267. The zero-order valence-corrected chi connectivity index (χ0v) is 12.5. The van der Waals surface area contributed by atoms with Crippen molar-refractivity contribution in [2.75, 3.05) is 19.4 Å². The minimum absolute atomic E-state index is 0.0459. The molecule has 5 heteroatoms. The lowest BCUT2D eigenvalue weighted by Gasteiger charge is -2.25. The number of nitrogens with zero attached hydrogens (tertiary/aromatic N) is 1. The first-order valence-electron chi connectivity index (χ1n) is 6.33. The van der Waals surface area contributed by atoms with Crippen LogP contribution in [0.15, 0.2) is 35.7 Å². The van der Waals surface area contributed by atoms with Crippen molar-refractivity contribution in [1.29, 1.82) is 0 Å². The zero-order chi connectivity index (χ0) is 14.7. The van der Waals surface area contributed by atoms with Gasteiger partial charge in [-0.15, -0.1) is 11.3 Å². The standard InChI is InChI=1S/C15H17FN2OS/c1-10(13-8-5-9-20-13)18(3)15(19)11-6-4-7-12(16)14(11)17-2/h4-10,17H,1-3H3. The van der Waals surface area contributed by atoms with E-state index >= 15 is 0 Å². The molecule has 1 aromatic heterocycles. The van der Waals surface area contributed by atoms with E-state index in [1.165, 1.54) is 6.07 Å². The van der Waals surface area contributed by atoms with Gasteiger partial charge in [-0.25, -0.2) is 4.39 Å². The second-order valence-corrected chi connectivity index (χ2v) is 5.50. The zero-order valence-electron chi connectivity index (χ0n) is 11.7. The van der Waals surface area contributed by atoms with Gasteiger partial charge in [0.1, 0.15) is 5.82 Å². The third kappa shape index (κ3) is 2.67. The fourth-order valence-electron chi connectivity index (χ4n) is 2.04. The van der Waals surface area contributed by atoms with Gasteiger partial charge in [0.25, 0.3) is 5.91 Å². The summed E-state index contributed by atoms with van der Waals surface area (Å²) in [4.78, 5) is 15.3. The highest BCUT2D eigenvalue weighted by molar-refractivity contribution is 7.10. The van der Waals surface area contributed by atoms with E-state index in [0.29, 0.717) is 5.56 Å². The first kappa shape index (κ1) is 14.5. The van der Waals surface area contributed by atoms with E-state index in [9.17, 15) is 9.18 Å². The highest BCUT2D eigenvalue weighted by Gasteiger charge is 2.22. The molecule has 0 aliphatic heterocycles. The van der Waals surface area contributed by atoms with Gasteiger partial charge in [-0.1, -0.05) is 12.1 Å². The van der Waals surface area contributed by atoms with Crippen molar-refractivity contribution in [2.24, 2.45) is 0 Å². The maximum Gasteiger partial charge on any atom is 0.256 e. The van der Waals surface area contributed by atoms with Crippen LogP contribution in [0.25, 0.3) is 0 Å². The van der Waals surface area contributed by atoms with Gasteiger partial charge in [0.15, 0.2) is 0 Å². The van der Waals surface area contributed by atoms with E-state index < -0.39 is 5.82 Å². The molecule has 0 saturated heterocycles. The Kier molecular flexibility index (Phi) is 4.39. The Bertz CT molecular complexity index is 598. The van der Waals surface area contributed by atoms with Crippen LogP contribution in [0.4, 0.5) is 10.1 Å². The lowest BCUT2D eigenvalue weighted by atomic mass is 10.1. The number of hydrogen-bond donors (Lipinski definition) is 1. The van der Waals surface area contributed by atoms with Gasteiger partial charge in [0.2, 0.25) is 0 Å². The molecule has 0 fully saturated rings. The quantitative estimate of drug-likeness (QED) is 0.930. The number of nitrogens with one attached hydrogen (secondary N) is 1. The van der Waals surface area contributed by atoms with E-state index in [4.69, 9.17) is 0 Å². The summed E-state index contributed by atoms with van der Waals surface area (Å²) in [5.41, 5.74) is 0.584. The summed E-state index contributed by atoms with van der Waals surface area (Å²) in [6.07, 6.45) is 0. The Morgan fingerprint density at radius 3 is 2.70 bits per heavy atom. The van der Waals surface area contributed by atoms with Crippen molar-refractivity contribution >= 4 is 22.9 Å². The van der Waals surface area contributed by atoms with E-state index in [0.717, 1.165) is 4.88 Å². The minimum atomic E-state index is -0.421. The molecule has 20 heavy (non-hydrogen) atoms. The normalized spacial score (nSPS) is 12.0. The fourth-order valence-corrected chi connectivity index (χ4v) is 2.87. The SMILES string of the molecule is CNc1c(F)cccc1C(=O)N(C)C(C)c1cccs1. The van der Waals surface area contributed by atoms with Crippen molar-refractivity contribution in [2.45, 2.75) is 13.0 Å². The molecular formula is C15H17FN2OS. The highest BCUT2D eigenvalue weighted by atomic mass is 32.1. The molecule has 2 aromatic rings. The number of benzene rings is 1. The van der Waals surface area contributed by atoms with Crippen molar-refractivity contribution in [3.63, 3.8) is 0 Å². The van der Waals surface area contributed by atoms with Crippen LogP contribution < -0.4 is 5.32 Å². The van der Waals surface area contributed by atoms with Gasteiger partial charge < -0.3 is 10.2 Å². The third-order valence-electron chi connectivity index (χ3n) is 3.35. The van der Waals surface area contributed by atoms with E-state index in [2.05, 4.69) is 5.32 Å². The van der Waals surface area contributed by atoms with Crippen LogP contribution in [0.2, 0.25) is 0 Å². The maximum atomic E-state index is 13.7. The van der Waals surface area contributed by atoms with Gasteiger partial charge in [-0.05, 0) is 30.5 Å². The van der Waals surface area contributed by atoms with Crippen LogP contribution in [0, 0.1) is 5.82 Å². The molecule has 0 saturated carbocycles. The van der Waals surface area contributed by atoms with Crippen LogP contribution in [0.1, 0.15) is 28.2 Å². The molecular weight excluding hydrogens is 275 g/mol. The molecule has 3 nitrogen and oxygen atoms in total. The number of carbonyl (C=O) groups is 1. The summed E-state index contributed by atoms with van der Waals surface area (Å²) in [7, 11) is 3.34. The van der Waals surface area contributed by atoms with Crippen molar-refractivity contribution < 1.29 is 9.18 Å². The van der Waals surface area contributed by atoms with Gasteiger partial charge >= 0.3 is 0 Å². The molecule has 1 N–H and O–H groups in total. The highest BCUT2D eigenvalue weighted by Crippen LogP contribution is 2.27. The van der Waals surface area contributed by atoms with E-state index in [1.54, 1.807) is 42.5 Å². The summed E-state index contributed by atoms with van der Waals surface area (Å²) in [5, 5.41) is 4.73. The average Bonchev–Trinajstić information content (AvgIpc) is 2.98. The lowest BCUT2D eigenvalue weighted by molar-refractivity contribution is 0.0745. The average molecular weight is 292 g/mol. The first-order valence-corrected chi connectivity index (χ1v) is 7.21. The Morgan fingerprint density at radius 1 is 1.35 bits per heavy atom.